The van der Waals surface area contributed by atoms with E-state index in [0.717, 1.165) is 11.3 Å². The molecule has 1 heterocycles. The van der Waals surface area contributed by atoms with E-state index in [1.165, 1.54) is 18.2 Å². The standard InChI is InChI=1S/C22H24N2O6S/c1-5-28-22(25)17-6-11-21(14(2)12-17)24-31(26,27)19-9-7-18(8-10-19)29-13-20-15(3)23-30-16(20)4/h6-12,24H,5,13H2,1-4H3. The molecule has 31 heavy (non-hydrogen) atoms. The molecule has 0 aliphatic heterocycles. The monoisotopic (exact) mass is 444 g/mol. The summed E-state index contributed by atoms with van der Waals surface area (Å²) in [4.78, 5) is 11.9. The summed E-state index contributed by atoms with van der Waals surface area (Å²) >= 11 is 0. The quantitative estimate of drug-likeness (QED) is 0.520. The summed E-state index contributed by atoms with van der Waals surface area (Å²) in [7, 11) is -3.81. The van der Waals surface area contributed by atoms with Crippen LogP contribution in [-0.4, -0.2) is 26.2 Å². The van der Waals surface area contributed by atoms with Gasteiger partial charge in [0.25, 0.3) is 10.0 Å². The first kappa shape index (κ1) is 22.4. The van der Waals surface area contributed by atoms with Crippen LogP contribution in [0.2, 0.25) is 0 Å². The molecule has 0 aliphatic carbocycles. The number of carbonyl (C=O) groups excluding carboxylic acids is 1. The van der Waals surface area contributed by atoms with Gasteiger partial charge in [-0.1, -0.05) is 5.16 Å². The first-order valence-corrected chi connectivity index (χ1v) is 11.1. The maximum atomic E-state index is 12.8. The molecule has 2 aromatic carbocycles. The largest absolute Gasteiger partial charge is 0.489 e. The highest BCUT2D eigenvalue weighted by molar-refractivity contribution is 7.92. The minimum atomic E-state index is -3.81. The number of carbonyl (C=O) groups is 1. The number of hydrogen-bond acceptors (Lipinski definition) is 7. The van der Waals surface area contributed by atoms with Crippen LogP contribution in [-0.2, 0) is 21.4 Å². The molecule has 0 fully saturated rings. The van der Waals surface area contributed by atoms with Gasteiger partial charge in [0.2, 0.25) is 0 Å². The van der Waals surface area contributed by atoms with Gasteiger partial charge in [0, 0.05) is 0 Å². The smallest absolute Gasteiger partial charge is 0.338 e. The Balaban J connectivity index is 1.70. The van der Waals surface area contributed by atoms with Crippen LogP contribution in [0.5, 0.6) is 5.75 Å². The zero-order valence-electron chi connectivity index (χ0n) is 17.8. The Hall–Kier alpha value is -3.33. The van der Waals surface area contributed by atoms with Crippen LogP contribution in [0.4, 0.5) is 5.69 Å². The van der Waals surface area contributed by atoms with E-state index in [1.54, 1.807) is 45.0 Å². The number of esters is 1. The number of sulfonamides is 1. The second-order valence-corrected chi connectivity index (χ2v) is 8.60. The minimum absolute atomic E-state index is 0.0889. The Bertz CT molecular complexity index is 1160. The van der Waals surface area contributed by atoms with Crippen molar-refractivity contribution < 1.29 is 27.2 Å². The van der Waals surface area contributed by atoms with Crippen LogP contribution in [0.1, 0.15) is 39.9 Å². The Morgan fingerprint density at radius 1 is 1.10 bits per heavy atom. The first-order chi connectivity index (χ1) is 14.7. The fourth-order valence-corrected chi connectivity index (χ4v) is 4.03. The Labute approximate surface area is 181 Å². The third-order valence-corrected chi connectivity index (χ3v) is 6.06. The lowest BCUT2D eigenvalue weighted by Crippen LogP contribution is -2.14. The van der Waals surface area contributed by atoms with E-state index in [9.17, 15) is 13.2 Å². The molecule has 0 saturated carbocycles. The van der Waals surface area contributed by atoms with Gasteiger partial charge in [-0.2, -0.15) is 0 Å². The van der Waals surface area contributed by atoms with Gasteiger partial charge < -0.3 is 14.0 Å². The summed E-state index contributed by atoms with van der Waals surface area (Å²) in [6.07, 6.45) is 0. The number of rotatable bonds is 8. The van der Waals surface area contributed by atoms with Gasteiger partial charge in [0.1, 0.15) is 18.1 Å². The maximum absolute atomic E-state index is 12.8. The van der Waals surface area contributed by atoms with Crippen molar-refractivity contribution in [1.82, 2.24) is 5.16 Å². The molecule has 0 amide bonds. The van der Waals surface area contributed by atoms with Crippen molar-refractivity contribution in [2.24, 2.45) is 0 Å². The molecule has 164 valence electrons. The summed E-state index contributed by atoms with van der Waals surface area (Å²) in [5.74, 6) is 0.756. The Kier molecular flexibility index (Phi) is 6.65. The summed E-state index contributed by atoms with van der Waals surface area (Å²) in [6, 6.07) is 10.8. The lowest BCUT2D eigenvalue weighted by Gasteiger charge is -2.12. The molecule has 1 aromatic heterocycles. The number of nitrogens with zero attached hydrogens (tertiary/aromatic N) is 1. The van der Waals surface area contributed by atoms with E-state index >= 15 is 0 Å². The van der Waals surface area contributed by atoms with Crippen LogP contribution in [0.25, 0.3) is 0 Å². The topological polar surface area (TPSA) is 108 Å². The van der Waals surface area contributed by atoms with E-state index in [-0.39, 0.29) is 18.1 Å². The highest BCUT2D eigenvalue weighted by atomic mass is 32.2. The number of nitrogens with one attached hydrogen (secondary N) is 1. The van der Waals surface area contributed by atoms with E-state index < -0.39 is 16.0 Å². The fourth-order valence-electron chi connectivity index (χ4n) is 2.90. The SMILES string of the molecule is CCOC(=O)c1ccc(NS(=O)(=O)c2ccc(OCc3c(C)noc3C)cc2)c(C)c1. The molecule has 0 unspecified atom stereocenters. The minimum Gasteiger partial charge on any atom is -0.489 e. The van der Waals surface area contributed by atoms with Crippen molar-refractivity contribution in [2.45, 2.75) is 39.2 Å². The molecular weight excluding hydrogens is 420 g/mol. The molecule has 0 saturated heterocycles. The van der Waals surface area contributed by atoms with Crippen LogP contribution in [0, 0.1) is 20.8 Å². The van der Waals surface area contributed by atoms with Gasteiger partial charge in [-0.15, -0.1) is 0 Å². The van der Waals surface area contributed by atoms with Crippen molar-refractivity contribution in [3.05, 3.63) is 70.6 Å². The van der Waals surface area contributed by atoms with Crippen molar-refractivity contribution >= 4 is 21.7 Å². The lowest BCUT2D eigenvalue weighted by molar-refractivity contribution is 0.0526. The number of aromatic nitrogens is 1. The number of benzene rings is 2. The van der Waals surface area contributed by atoms with Gasteiger partial charge >= 0.3 is 5.97 Å². The Morgan fingerprint density at radius 2 is 1.81 bits per heavy atom. The number of hydrogen-bond donors (Lipinski definition) is 1. The van der Waals surface area contributed by atoms with Crippen molar-refractivity contribution in [2.75, 3.05) is 11.3 Å². The third kappa shape index (κ3) is 5.24. The number of ether oxygens (including phenoxy) is 2. The fraction of sp³-hybridized carbons (Fsp3) is 0.273. The van der Waals surface area contributed by atoms with Gasteiger partial charge in [-0.05, 0) is 75.7 Å². The van der Waals surface area contributed by atoms with Gasteiger partial charge in [-0.3, -0.25) is 4.72 Å². The second kappa shape index (κ2) is 9.22. The molecule has 8 nitrogen and oxygen atoms in total. The van der Waals surface area contributed by atoms with Crippen LogP contribution in [0.3, 0.4) is 0 Å². The van der Waals surface area contributed by atoms with E-state index in [1.807, 2.05) is 6.92 Å². The molecule has 0 bridgehead atoms. The van der Waals surface area contributed by atoms with Crippen LogP contribution < -0.4 is 9.46 Å². The normalized spacial score (nSPS) is 11.2. The summed E-state index contributed by atoms with van der Waals surface area (Å²) < 4.78 is 43.8. The maximum Gasteiger partial charge on any atom is 0.338 e. The molecule has 0 aliphatic rings. The average molecular weight is 445 g/mol. The number of anilines is 1. The highest BCUT2D eigenvalue weighted by Crippen LogP contribution is 2.24. The first-order valence-electron chi connectivity index (χ1n) is 9.66. The van der Waals surface area contributed by atoms with Crippen LogP contribution >= 0.6 is 0 Å². The Morgan fingerprint density at radius 3 is 2.39 bits per heavy atom. The molecule has 0 spiro atoms. The predicted molar refractivity (Wildman–Crippen MR) is 115 cm³/mol. The molecule has 0 atom stereocenters. The van der Waals surface area contributed by atoms with E-state index in [0.29, 0.717) is 28.3 Å². The van der Waals surface area contributed by atoms with Gasteiger partial charge in [0.15, 0.2) is 0 Å². The molecule has 9 heteroatoms. The highest BCUT2D eigenvalue weighted by Gasteiger charge is 2.17. The number of aryl methyl sites for hydroxylation is 3. The second-order valence-electron chi connectivity index (χ2n) is 6.92. The molecular formula is C22H24N2O6S. The third-order valence-electron chi connectivity index (χ3n) is 4.68. The average Bonchev–Trinajstić information content (AvgIpc) is 3.05. The van der Waals surface area contributed by atoms with Crippen LogP contribution in [0.15, 0.2) is 51.9 Å². The molecule has 1 N–H and O–H groups in total. The van der Waals surface area contributed by atoms with Crippen molar-refractivity contribution in [3.63, 3.8) is 0 Å². The van der Waals surface area contributed by atoms with Crippen molar-refractivity contribution in [3.8, 4) is 5.75 Å². The van der Waals surface area contributed by atoms with Crippen molar-refractivity contribution in [1.29, 1.82) is 0 Å². The zero-order valence-corrected chi connectivity index (χ0v) is 18.6. The zero-order chi connectivity index (χ0) is 22.6. The summed E-state index contributed by atoms with van der Waals surface area (Å²) in [5, 5.41) is 3.88. The molecule has 0 radical (unpaired) electrons. The summed E-state index contributed by atoms with van der Waals surface area (Å²) in [6.45, 7) is 7.62. The van der Waals surface area contributed by atoms with Gasteiger partial charge in [-0.25, -0.2) is 13.2 Å². The van der Waals surface area contributed by atoms with E-state index in [4.69, 9.17) is 14.0 Å². The predicted octanol–water partition coefficient (Wildman–Crippen LogP) is 4.16. The molecule has 3 aromatic rings. The van der Waals surface area contributed by atoms with Gasteiger partial charge in [0.05, 0.1) is 34.0 Å². The van der Waals surface area contributed by atoms with E-state index in [2.05, 4.69) is 9.88 Å². The summed E-state index contributed by atoms with van der Waals surface area (Å²) in [5.41, 5.74) is 2.97. The molecule has 3 rings (SSSR count). The lowest BCUT2D eigenvalue weighted by atomic mass is 10.1.